The summed E-state index contributed by atoms with van der Waals surface area (Å²) in [5, 5.41) is 36.8. The van der Waals surface area contributed by atoms with E-state index in [1.165, 1.54) is 0 Å². The van der Waals surface area contributed by atoms with Gasteiger partial charge < -0.3 is 29.9 Å². The first-order valence-corrected chi connectivity index (χ1v) is 11.2. The van der Waals surface area contributed by atoms with Gasteiger partial charge in [-0.3, -0.25) is 28.7 Å². The van der Waals surface area contributed by atoms with E-state index in [-0.39, 0.29) is 12.8 Å². The van der Waals surface area contributed by atoms with Gasteiger partial charge in [0.2, 0.25) is 0 Å². The lowest BCUT2D eigenvalue weighted by molar-refractivity contribution is -0.140. The molecule has 0 aromatic carbocycles. The van der Waals surface area contributed by atoms with Crippen LogP contribution in [0.25, 0.3) is 0 Å². The van der Waals surface area contributed by atoms with Crippen molar-refractivity contribution in [2.45, 2.75) is 62.1 Å². The van der Waals surface area contributed by atoms with Gasteiger partial charge in [-0.1, -0.05) is 0 Å². The van der Waals surface area contributed by atoms with E-state index < -0.39 is 96.1 Å². The summed E-state index contributed by atoms with van der Waals surface area (Å²) in [5.74, 6) is 0. The Balaban J connectivity index is 0.000000220. The summed E-state index contributed by atoms with van der Waals surface area (Å²) < 4.78 is 86.8. The number of nitrogens with zero attached hydrogens (tertiary/aromatic N) is 2. The third-order valence-corrected chi connectivity index (χ3v) is 5.94. The first kappa shape index (κ1) is 31.2. The zero-order chi connectivity index (χ0) is 30.2. The van der Waals surface area contributed by atoms with Crippen LogP contribution in [0.2, 0.25) is 0 Å². The van der Waals surface area contributed by atoms with Crippen molar-refractivity contribution in [3.63, 3.8) is 0 Å². The molecular weight excluding hydrogens is 570 g/mol. The standard InChI is InChI=1S/2C10H11F3N2O5/c2*11-10(12,13)4-2-15(9(19)14-8(4)18)7-1-5(17)6(3-16)20-7/h2*2,5-7,16-17H,1,3H2,(H,14,18,19)/t2*5-,6+,7+/m00/s1. The monoisotopic (exact) mass is 592 g/mol. The van der Waals surface area contributed by atoms with Gasteiger partial charge in [0, 0.05) is 25.2 Å². The van der Waals surface area contributed by atoms with Crippen LogP contribution in [0.4, 0.5) is 26.3 Å². The molecule has 14 nitrogen and oxygen atoms in total. The van der Waals surface area contributed by atoms with Crippen molar-refractivity contribution in [1.29, 1.82) is 0 Å². The number of halogens is 6. The number of alkyl halides is 6. The van der Waals surface area contributed by atoms with Crippen LogP contribution in [0.3, 0.4) is 0 Å². The van der Waals surface area contributed by atoms with Crippen LogP contribution in [0.1, 0.15) is 36.4 Å². The van der Waals surface area contributed by atoms with E-state index in [2.05, 4.69) is 0 Å². The topological polar surface area (TPSA) is 209 Å². The second-order valence-corrected chi connectivity index (χ2v) is 8.64. The van der Waals surface area contributed by atoms with Gasteiger partial charge in [-0.2, -0.15) is 26.3 Å². The maximum atomic E-state index is 12.6. The van der Waals surface area contributed by atoms with E-state index in [1.807, 2.05) is 0 Å². The molecule has 4 heterocycles. The maximum Gasteiger partial charge on any atom is 0.423 e. The molecule has 0 aliphatic carbocycles. The molecule has 2 aromatic heterocycles. The van der Waals surface area contributed by atoms with Gasteiger partial charge in [-0.25, -0.2) is 9.59 Å². The molecule has 6 atom stereocenters. The SMILES string of the molecule is O=c1[nH]c(=O)n([C@H]2C[C@H](O)[C@@H](CO)O2)cc1C(F)(F)F.O=c1[nH]c(=O)n([C@H]2C[C@H](O)[C@@H](CO)O2)cc1C(F)(F)F. The minimum absolute atomic E-state index is 0.172. The van der Waals surface area contributed by atoms with Crippen molar-refractivity contribution in [1.82, 2.24) is 19.1 Å². The average molecular weight is 592 g/mol. The van der Waals surface area contributed by atoms with E-state index in [9.17, 15) is 55.7 Å². The van der Waals surface area contributed by atoms with Crippen LogP contribution < -0.4 is 22.5 Å². The molecule has 0 radical (unpaired) electrons. The summed E-state index contributed by atoms with van der Waals surface area (Å²) in [5.41, 5.74) is -8.34. The van der Waals surface area contributed by atoms with Crippen molar-refractivity contribution >= 4 is 0 Å². The highest BCUT2D eigenvalue weighted by Crippen LogP contribution is 2.31. The molecule has 40 heavy (non-hydrogen) atoms. The smallest absolute Gasteiger partial charge is 0.394 e. The molecule has 0 spiro atoms. The molecule has 2 aliphatic rings. The largest absolute Gasteiger partial charge is 0.423 e. The van der Waals surface area contributed by atoms with Gasteiger partial charge in [0.05, 0.1) is 25.4 Å². The van der Waals surface area contributed by atoms with E-state index in [1.54, 1.807) is 9.97 Å². The Morgan fingerprint density at radius 3 is 1.30 bits per heavy atom. The van der Waals surface area contributed by atoms with Crippen LogP contribution in [-0.2, 0) is 21.8 Å². The van der Waals surface area contributed by atoms with Crippen molar-refractivity contribution in [3.8, 4) is 0 Å². The van der Waals surface area contributed by atoms with Gasteiger partial charge in [0.1, 0.15) is 35.8 Å². The molecule has 224 valence electrons. The summed E-state index contributed by atoms with van der Waals surface area (Å²) in [6, 6.07) is 0. The molecule has 0 bridgehead atoms. The number of aliphatic hydroxyl groups excluding tert-OH is 4. The molecule has 0 unspecified atom stereocenters. The van der Waals surface area contributed by atoms with Crippen LogP contribution in [-0.4, -0.2) is 77.2 Å². The quantitative estimate of drug-likeness (QED) is 0.224. The van der Waals surface area contributed by atoms with Crippen LogP contribution in [0, 0.1) is 0 Å². The van der Waals surface area contributed by atoms with E-state index in [0.717, 1.165) is 0 Å². The number of ether oxygens (including phenoxy) is 2. The predicted octanol–water partition coefficient (Wildman–Crippen LogP) is -1.61. The number of aromatic amines is 2. The molecule has 6 N–H and O–H groups in total. The van der Waals surface area contributed by atoms with Crippen LogP contribution in [0.5, 0.6) is 0 Å². The Labute approximate surface area is 216 Å². The van der Waals surface area contributed by atoms with Crippen LogP contribution >= 0.6 is 0 Å². The van der Waals surface area contributed by atoms with Crippen molar-refractivity contribution in [2.24, 2.45) is 0 Å². The zero-order valence-electron chi connectivity index (χ0n) is 19.8. The number of rotatable bonds is 4. The molecule has 0 saturated carbocycles. The number of nitrogens with one attached hydrogen (secondary N) is 2. The lowest BCUT2D eigenvalue weighted by Gasteiger charge is -2.16. The summed E-state index contributed by atoms with van der Waals surface area (Å²) in [6.07, 6.45) is -16.1. The molecular formula is C20H22F6N4O10. The third-order valence-electron chi connectivity index (χ3n) is 5.94. The maximum absolute atomic E-state index is 12.6. The normalized spacial score (nSPS) is 26.9. The molecule has 20 heteroatoms. The van der Waals surface area contributed by atoms with Gasteiger partial charge in [-0.15, -0.1) is 0 Å². The number of H-pyrrole nitrogens is 2. The highest BCUT2D eigenvalue weighted by Gasteiger charge is 2.40. The number of aliphatic hydroxyl groups is 4. The number of hydrogen-bond acceptors (Lipinski definition) is 10. The Hall–Kier alpha value is -3.30. The Morgan fingerprint density at radius 2 is 1.05 bits per heavy atom. The first-order chi connectivity index (χ1) is 18.5. The Morgan fingerprint density at radius 1 is 0.725 bits per heavy atom. The fourth-order valence-electron chi connectivity index (χ4n) is 3.90. The highest BCUT2D eigenvalue weighted by atomic mass is 19.4. The number of aromatic nitrogens is 4. The predicted molar refractivity (Wildman–Crippen MR) is 116 cm³/mol. The van der Waals surface area contributed by atoms with E-state index in [0.29, 0.717) is 21.5 Å². The first-order valence-electron chi connectivity index (χ1n) is 11.2. The minimum Gasteiger partial charge on any atom is -0.394 e. The summed E-state index contributed by atoms with van der Waals surface area (Å²) in [6.45, 7) is -1.08. The summed E-state index contributed by atoms with van der Waals surface area (Å²) in [7, 11) is 0. The second-order valence-electron chi connectivity index (χ2n) is 8.64. The minimum atomic E-state index is -4.92. The Kier molecular flexibility index (Phi) is 9.11. The van der Waals surface area contributed by atoms with Crippen molar-refractivity contribution < 1.29 is 56.2 Å². The third kappa shape index (κ3) is 6.70. The number of hydrogen-bond donors (Lipinski definition) is 6. The summed E-state index contributed by atoms with van der Waals surface area (Å²) >= 11 is 0. The summed E-state index contributed by atoms with van der Waals surface area (Å²) in [4.78, 5) is 48.4. The van der Waals surface area contributed by atoms with E-state index >= 15 is 0 Å². The molecule has 4 rings (SSSR count). The highest BCUT2D eigenvalue weighted by molar-refractivity contribution is 5.10. The van der Waals surface area contributed by atoms with Crippen LogP contribution in [0.15, 0.2) is 31.6 Å². The fourth-order valence-corrected chi connectivity index (χ4v) is 3.90. The van der Waals surface area contributed by atoms with Gasteiger partial charge in [0.15, 0.2) is 0 Å². The van der Waals surface area contributed by atoms with Gasteiger partial charge >= 0.3 is 23.7 Å². The lowest BCUT2D eigenvalue weighted by Crippen LogP contribution is -2.36. The Bertz CT molecular complexity index is 1320. The second kappa shape index (κ2) is 11.7. The van der Waals surface area contributed by atoms with Gasteiger partial charge in [-0.05, 0) is 0 Å². The zero-order valence-corrected chi connectivity index (χ0v) is 19.8. The lowest BCUT2D eigenvalue weighted by atomic mass is 10.2. The van der Waals surface area contributed by atoms with Crippen molar-refractivity contribution in [2.75, 3.05) is 13.2 Å². The van der Waals surface area contributed by atoms with Crippen molar-refractivity contribution in [3.05, 3.63) is 65.2 Å². The molecule has 2 fully saturated rings. The molecule has 2 aliphatic heterocycles. The molecule has 0 amide bonds. The van der Waals surface area contributed by atoms with E-state index in [4.69, 9.17) is 19.7 Å². The molecule has 2 aromatic rings. The average Bonchev–Trinajstić information content (AvgIpc) is 3.39. The fraction of sp³-hybridized carbons (Fsp3) is 0.600. The molecule has 2 saturated heterocycles. The van der Waals surface area contributed by atoms with Gasteiger partial charge in [0.25, 0.3) is 11.1 Å².